The molecule has 1 aromatic carbocycles. The van der Waals surface area contributed by atoms with Crippen LogP contribution in [0.5, 0.6) is 0 Å². The molecular weight excluding hydrogens is 266 g/mol. The van der Waals surface area contributed by atoms with Crippen LogP contribution in [0, 0.1) is 11.3 Å². The number of hydrogen-bond acceptors (Lipinski definition) is 1. The van der Waals surface area contributed by atoms with E-state index in [2.05, 4.69) is 38.2 Å². The third-order valence-electron chi connectivity index (χ3n) is 4.88. The van der Waals surface area contributed by atoms with Gasteiger partial charge in [-0.2, -0.15) is 0 Å². The molecule has 1 aliphatic rings. The molecule has 1 aromatic rings. The van der Waals surface area contributed by atoms with E-state index in [1.54, 1.807) is 0 Å². The van der Waals surface area contributed by atoms with Crippen molar-refractivity contribution in [3.8, 4) is 0 Å². The largest absolute Gasteiger partial charge is 0.313 e. The standard InChI is InChI=1S/C18H28ClN/c1-4-12-20-17(15-9-7-11-18(15,2)3)13-14-8-5-6-10-16(14)19/h5-6,8,10,15,17,20H,4,7,9,11-13H2,1-3H3. The normalized spacial score (nSPS) is 22.9. The minimum atomic E-state index is 0.451. The van der Waals surface area contributed by atoms with Crippen molar-refractivity contribution in [1.29, 1.82) is 0 Å². The molecule has 2 atom stereocenters. The van der Waals surface area contributed by atoms with E-state index < -0.39 is 0 Å². The van der Waals surface area contributed by atoms with Crippen molar-refractivity contribution >= 4 is 11.6 Å². The van der Waals surface area contributed by atoms with Crippen LogP contribution in [0.25, 0.3) is 0 Å². The molecule has 0 saturated heterocycles. The van der Waals surface area contributed by atoms with Gasteiger partial charge < -0.3 is 5.32 Å². The summed E-state index contributed by atoms with van der Waals surface area (Å²) in [5.41, 5.74) is 1.73. The van der Waals surface area contributed by atoms with Crippen LogP contribution in [-0.2, 0) is 6.42 Å². The van der Waals surface area contributed by atoms with Crippen LogP contribution in [-0.4, -0.2) is 12.6 Å². The highest BCUT2D eigenvalue weighted by molar-refractivity contribution is 6.31. The highest BCUT2D eigenvalue weighted by Crippen LogP contribution is 2.45. The number of halogens is 1. The molecule has 112 valence electrons. The third-order valence-corrected chi connectivity index (χ3v) is 5.25. The fraction of sp³-hybridized carbons (Fsp3) is 0.667. The summed E-state index contributed by atoms with van der Waals surface area (Å²) < 4.78 is 0. The van der Waals surface area contributed by atoms with Gasteiger partial charge in [-0.05, 0) is 55.2 Å². The van der Waals surface area contributed by atoms with Gasteiger partial charge in [0.15, 0.2) is 0 Å². The molecule has 0 heterocycles. The molecule has 0 aliphatic heterocycles. The van der Waals surface area contributed by atoms with Crippen molar-refractivity contribution in [2.45, 2.75) is 58.9 Å². The van der Waals surface area contributed by atoms with Gasteiger partial charge in [0.1, 0.15) is 0 Å². The fourth-order valence-corrected chi connectivity index (χ4v) is 3.90. The lowest BCUT2D eigenvalue weighted by molar-refractivity contribution is 0.195. The molecule has 0 aromatic heterocycles. The molecule has 20 heavy (non-hydrogen) atoms. The molecule has 0 amide bonds. The number of nitrogens with one attached hydrogen (secondary N) is 1. The first-order valence-corrected chi connectivity index (χ1v) is 8.39. The van der Waals surface area contributed by atoms with Gasteiger partial charge >= 0.3 is 0 Å². The Hall–Kier alpha value is -0.530. The lowest BCUT2D eigenvalue weighted by atomic mass is 9.76. The van der Waals surface area contributed by atoms with E-state index in [1.807, 2.05) is 12.1 Å². The topological polar surface area (TPSA) is 12.0 Å². The summed E-state index contributed by atoms with van der Waals surface area (Å²) in [6, 6.07) is 8.84. The SMILES string of the molecule is CCCNC(Cc1ccccc1Cl)C1CCCC1(C)C. The first-order chi connectivity index (χ1) is 9.54. The lowest BCUT2D eigenvalue weighted by Gasteiger charge is -2.35. The van der Waals surface area contributed by atoms with E-state index in [9.17, 15) is 0 Å². The van der Waals surface area contributed by atoms with Gasteiger partial charge in [0, 0.05) is 11.1 Å². The summed E-state index contributed by atoms with van der Waals surface area (Å²) in [4.78, 5) is 0. The minimum absolute atomic E-state index is 0.451. The zero-order chi connectivity index (χ0) is 14.6. The Kier molecular flexibility index (Phi) is 5.51. The quantitative estimate of drug-likeness (QED) is 0.771. The third kappa shape index (κ3) is 3.77. The second kappa shape index (κ2) is 6.95. The van der Waals surface area contributed by atoms with Crippen LogP contribution >= 0.6 is 11.6 Å². The van der Waals surface area contributed by atoms with Crippen molar-refractivity contribution in [2.75, 3.05) is 6.54 Å². The smallest absolute Gasteiger partial charge is 0.0438 e. The zero-order valence-corrected chi connectivity index (χ0v) is 13.8. The van der Waals surface area contributed by atoms with Crippen molar-refractivity contribution < 1.29 is 0 Å². The van der Waals surface area contributed by atoms with Gasteiger partial charge in [0.05, 0.1) is 0 Å². The van der Waals surface area contributed by atoms with Gasteiger partial charge in [-0.15, -0.1) is 0 Å². The predicted octanol–water partition coefficient (Wildman–Crippen LogP) is 5.08. The molecular formula is C18H28ClN. The van der Waals surface area contributed by atoms with Crippen LogP contribution in [0.2, 0.25) is 5.02 Å². The summed E-state index contributed by atoms with van der Waals surface area (Å²) in [6.07, 6.45) is 6.30. The van der Waals surface area contributed by atoms with E-state index in [4.69, 9.17) is 11.6 Å². The van der Waals surface area contributed by atoms with E-state index in [0.29, 0.717) is 11.5 Å². The molecule has 1 fully saturated rings. The molecule has 2 rings (SSSR count). The van der Waals surface area contributed by atoms with Gasteiger partial charge in [-0.25, -0.2) is 0 Å². The van der Waals surface area contributed by atoms with Gasteiger partial charge in [-0.1, -0.05) is 57.0 Å². The molecule has 2 unspecified atom stereocenters. The first kappa shape index (κ1) is 15.9. The number of hydrogen-bond donors (Lipinski definition) is 1. The van der Waals surface area contributed by atoms with Crippen LogP contribution in [0.1, 0.15) is 52.0 Å². The Bertz CT molecular complexity index is 427. The lowest BCUT2D eigenvalue weighted by Crippen LogP contribution is -2.42. The highest BCUT2D eigenvalue weighted by Gasteiger charge is 2.39. The Labute approximate surface area is 129 Å². The molecule has 0 bridgehead atoms. The Balaban J connectivity index is 2.13. The molecule has 1 aliphatic carbocycles. The van der Waals surface area contributed by atoms with Crippen LogP contribution in [0.4, 0.5) is 0 Å². The number of rotatable bonds is 6. The van der Waals surface area contributed by atoms with E-state index in [-0.39, 0.29) is 0 Å². The van der Waals surface area contributed by atoms with E-state index in [0.717, 1.165) is 23.9 Å². The monoisotopic (exact) mass is 293 g/mol. The van der Waals surface area contributed by atoms with E-state index in [1.165, 1.54) is 31.2 Å². The molecule has 2 heteroatoms. The maximum Gasteiger partial charge on any atom is 0.0438 e. The summed E-state index contributed by atoms with van der Waals surface area (Å²) in [7, 11) is 0. The Morgan fingerprint density at radius 3 is 2.70 bits per heavy atom. The van der Waals surface area contributed by atoms with Crippen molar-refractivity contribution in [2.24, 2.45) is 11.3 Å². The Morgan fingerprint density at radius 2 is 2.10 bits per heavy atom. The summed E-state index contributed by atoms with van der Waals surface area (Å²) >= 11 is 6.35. The Morgan fingerprint density at radius 1 is 1.35 bits per heavy atom. The maximum atomic E-state index is 6.35. The van der Waals surface area contributed by atoms with Gasteiger partial charge in [-0.3, -0.25) is 0 Å². The molecule has 1 N–H and O–H groups in total. The average Bonchev–Trinajstić information content (AvgIpc) is 2.76. The average molecular weight is 294 g/mol. The summed E-state index contributed by atoms with van der Waals surface area (Å²) in [5.74, 6) is 0.755. The van der Waals surface area contributed by atoms with Gasteiger partial charge in [0.25, 0.3) is 0 Å². The number of benzene rings is 1. The first-order valence-electron chi connectivity index (χ1n) is 8.01. The second-order valence-corrected chi connectivity index (χ2v) is 7.25. The highest BCUT2D eigenvalue weighted by atomic mass is 35.5. The molecule has 0 spiro atoms. The van der Waals surface area contributed by atoms with Crippen molar-refractivity contribution in [1.82, 2.24) is 5.32 Å². The summed E-state index contributed by atoms with van der Waals surface area (Å²) in [5, 5.41) is 4.69. The van der Waals surface area contributed by atoms with Gasteiger partial charge in [0.2, 0.25) is 0 Å². The predicted molar refractivity (Wildman–Crippen MR) is 88.4 cm³/mol. The van der Waals surface area contributed by atoms with Crippen molar-refractivity contribution in [3.63, 3.8) is 0 Å². The van der Waals surface area contributed by atoms with Crippen LogP contribution in [0.3, 0.4) is 0 Å². The minimum Gasteiger partial charge on any atom is -0.313 e. The molecule has 1 nitrogen and oxygen atoms in total. The maximum absolute atomic E-state index is 6.35. The van der Waals surface area contributed by atoms with E-state index >= 15 is 0 Å². The second-order valence-electron chi connectivity index (χ2n) is 6.84. The molecule has 0 radical (unpaired) electrons. The van der Waals surface area contributed by atoms with Crippen LogP contribution < -0.4 is 5.32 Å². The fourth-order valence-electron chi connectivity index (χ4n) is 3.69. The van der Waals surface area contributed by atoms with Crippen LogP contribution in [0.15, 0.2) is 24.3 Å². The molecule has 1 saturated carbocycles. The summed E-state index contributed by atoms with van der Waals surface area (Å²) in [6.45, 7) is 8.19. The zero-order valence-electron chi connectivity index (χ0n) is 13.1. The van der Waals surface area contributed by atoms with Crippen molar-refractivity contribution in [3.05, 3.63) is 34.9 Å².